The molecule has 0 unspecified atom stereocenters. The van der Waals surface area contributed by atoms with Gasteiger partial charge in [-0.05, 0) is 30.3 Å². The lowest BCUT2D eigenvalue weighted by molar-refractivity contribution is 0.0246. The molecule has 0 atom stereocenters. The SMILES string of the molecule is O=C(c1cccc(Cl)n1)N1CCC(O)(C#Cc2cccc(Cl)c2)CC1. The van der Waals surface area contributed by atoms with Gasteiger partial charge in [0, 0.05) is 36.5 Å². The fourth-order valence-electron chi connectivity index (χ4n) is 2.65. The van der Waals surface area contributed by atoms with Crippen molar-refractivity contribution in [2.75, 3.05) is 13.1 Å². The molecule has 4 nitrogen and oxygen atoms in total. The Morgan fingerprint density at radius 1 is 1.16 bits per heavy atom. The molecule has 0 saturated carbocycles. The van der Waals surface area contributed by atoms with E-state index in [4.69, 9.17) is 23.2 Å². The Morgan fingerprint density at radius 3 is 2.56 bits per heavy atom. The topological polar surface area (TPSA) is 53.4 Å². The van der Waals surface area contributed by atoms with Crippen molar-refractivity contribution in [3.05, 3.63) is 63.9 Å². The molecule has 128 valence electrons. The molecule has 1 aromatic heterocycles. The number of carbonyl (C=O) groups is 1. The number of pyridine rings is 1. The molecule has 6 heteroatoms. The van der Waals surface area contributed by atoms with Gasteiger partial charge in [0.05, 0.1) is 0 Å². The summed E-state index contributed by atoms with van der Waals surface area (Å²) in [6, 6.07) is 12.1. The van der Waals surface area contributed by atoms with Gasteiger partial charge in [-0.2, -0.15) is 0 Å². The van der Waals surface area contributed by atoms with E-state index in [2.05, 4.69) is 16.8 Å². The molecule has 1 amide bonds. The standard InChI is InChI=1S/C19H16Cl2N2O2/c20-15-4-1-3-14(13-15)7-8-19(25)9-11-23(12-10-19)18(24)16-5-2-6-17(21)22-16/h1-6,13,25H,9-12H2. The van der Waals surface area contributed by atoms with Gasteiger partial charge < -0.3 is 10.0 Å². The van der Waals surface area contributed by atoms with Crippen molar-refractivity contribution in [3.8, 4) is 11.8 Å². The second-order valence-electron chi connectivity index (χ2n) is 5.93. The van der Waals surface area contributed by atoms with E-state index in [1.165, 1.54) is 0 Å². The number of amides is 1. The van der Waals surface area contributed by atoms with E-state index in [0.29, 0.717) is 36.6 Å². The summed E-state index contributed by atoms with van der Waals surface area (Å²) in [5, 5.41) is 11.5. The third-order valence-corrected chi connectivity index (χ3v) is 4.52. The molecule has 0 aliphatic carbocycles. The molecule has 1 aliphatic rings. The van der Waals surface area contributed by atoms with Crippen molar-refractivity contribution in [3.63, 3.8) is 0 Å². The third kappa shape index (κ3) is 4.52. The van der Waals surface area contributed by atoms with E-state index in [1.807, 2.05) is 12.1 Å². The van der Waals surface area contributed by atoms with Gasteiger partial charge >= 0.3 is 0 Å². The van der Waals surface area contributed by atoms with Crippen LogP contribution in [0.3, 0.4) is 0 Å². The lowest BCUT2D eigenvalue weighted by Crippen LogP contribution is -2.46. The van der Waals surface area contributed by atoms with Crippen molar-refractivity contribution in [1.29, 1.82) is 0 Å². The monoisotopic (exact) mass is 374 g/mol. The average molecular weight is 375 g/mol. The summed E-state index contributed by atoms with van der Waals surface area (Å²) in [4.78, 5) is 18.2. The first kappa shape index (κ1) is 17.8. The molecule has 25 heavy (non-hydrogen) atoms. The third-order valence-electron chi connectivity index (χ3n) is 4.08. The molecule has 0 radical (unpaired) electrons. The van der Waals surface area contributed by atoms with Gasteiger partial charge in [0.25, 0.3) is 5.91 Å². The first-order valence-electron chi connectivity index (χ1n) is 7.88. The minimum atomic E-state index is -1.11. The minimum absolute atomic E-state index is 0.188. The summed E-state index contributed by atoms with van der Waals surface area (Å²) < 4.78 is 0. The Labute approximate surface area is 156 Å². The fourth-order valence-corrected chi connectivity index (χ4v) is 3.00. The second-order valence-corrected chi connectivity index (χ2v) is 6.75. The van der Waals surface area contributed by atoms with Crippen LogP contribution in [-0.2, 0) is 0 Å². The highest BCUT2D eigenvalue weighted by atomic mass is 35.5. The number of rotatable bonds is 1. The van der Waals surface area contributed by atoms with Crippen molar-refractivity contribution >= 4 is 29.1 Å². The molecule has 0 spiro atoms. The lowest BCUT2D eigenvalue weighted by Gasteiger charge is -2.34. The van der Waals surface area contributed by atoms with Crippen LogP contribution in [-0.4, -0.2) is 39.6 Å². The van der Waals surface area contributed by atoms with Crippen molar-refractivity contribution < 1.29 is 9.90 Å². The molecule has 2 heterocycles. The highest BCUT2D eigenvalue weighted by Crippen LogP contribution is 2.23. The molecular formula is C19H16Cl2N2O2. The van der Waals surface area contributed by atoms with Gasteiger partial charge in [-0.3, -0.25) is 4.79 Å². The number of aliphatic hydroxyl groups is 1. The second kappa shape index (κ2) is 7.45. The van der Waals surface area contributed by atoms with E-state index in [-0.39, 0.29) is 11.1 Å². The van der Waals surface area contributed by atoms with Crippen LogP contribution in [0.5, 0.6) is 0 Å². The average Bonchev–Trinajstić information content (AvgIpc) is 2.60. The number of carbonyl (C=O) groups excluding carboxylic acids is 1. The number of hydrogen-bond acceptors (Lipinski definition) is 3. The zero-order chi connectivity index (χ0) is 17.9. The van der Waals surface area contributed by atoms with E-state index >= 15 is 0 Å². The summed E-state index contributed by atoms with van der Waals surface area (Å²) in [7, 11) is 0. The molecule has 1 aliphatic heterocycles. The van der Waals surface area contributed by atoms with Crippen LogP contribution in [0.4, 0.5) is 0 Å². The smallest absolute Gasteiger partial charge is 0.272 e. The predicted octanol–water partition coefficient (Wildman–Crippen LogP) is 3.41. The first-order chi connectivity index (χ1) is 12.0. The number of likely N-dealkylation sites (tertiary alicyclic amines) is 1. The largest absolute Gasteiger partial charge is 0.377 e. The highest BCUT2D eigenvalue weighted by Gasteiger charge is 2.33. The number of benzene rings is 1. The van der Waals surface area contributed by atoms with Crippen LogP contribution in [0.15, 0.2) is 42.5 Å². The van der Waals surface area contributed by atoms with Crippen LogP contribution in [0, 0.1) is 11.8 Å². The lowest BCUT2D eigenvalue weighted by atomic mass is 9.91. The Kier molecular flexibility index (Phi) is 5.29. The molecule has 3 rings (SSSR count). The van der Waals surface area contributed by atoms with E-state index in [0.717, 1.165) is 5.56 Å². The molecule has 2 aromatic rings. The van der Waals surface area contributed by atoms with E-state index in [1.54, 1.807) is 35.2 Å². The van der Waals surface area contributed by atoms with Gasteiger partial charge in [0.15, 0.2) is 0 Å². The zero-order valence-corrected chi connectivity index (χ0v) is 14.9. The Balaban J connectivity index is 1.66. The molecule has 1 aromatic carbocycles. The number of nitrogens with zero attached hydrogens (tertiary/aromatic N) is 2. The van der Waals surface area contributed by atoms with Crippen LogP contribution >= 0.6 is 23.2 Å². The molecule has 1 saturated heterocycles. The minimum Gasteiger partial charge on any atom is -0.377 e. The first-order valence-corrected chi connectivity index (χ1v) is 8.64. The molecule has 1 fully saturated rings. The zero-order valence-electron chi connectivity index (χ0n) is 13.4. The number of hydrogen-bond donors (Lipinski definition) is 1. The van der Waals surface area contributed by atoms with Crippen molar-refractivity contribution in [2.24, 2.45) is 0 Å². The molecule has 1 N–H and O–H groups in total. The number of aromatic nitrogens is 1. The predicted molar refractivity (Wildman–Crippen MR) is 97.7 cm³/mol. The normalized spacial score (nSPS) is 16.0. The Hall–Kier alpha value is -2.06. The van der Waals surface area contributed by atoms with Crippen LogP contribution in [0.1, 0.15) is 28.9 Å². The van der Waals surface area contributed by atoms with Crippen LogP contribution in [0.25, 0.3) is 0 Å². The van der Waals surface area contributed by atoms with E-state index in [9.17, 15) is 9.90 Å². The quantitative estimate of drug-likeness (QED) is 0.614. The fraction of sp³-hybridized carbons (Fsp3) is 0.263. The van der Waals surface area contributed by atoms with Gasteiger partial charge in [0.2, 0.25) is 0 Å². The highest BCUT2D eigenvalue weighted by molar-refractivity contribution is 6.30. The van der Waals surface area contributed by atoms with Crippen molar-refractivity contribution in [2.45, 2.75) is 18.4 Å². The summed E-state index contributed by atoms with van der Waals surface area (Å²) in [6.45, 7) is 0.821. The van der Waals surface area contributed by atoms with Gasteiger partial charge in [0.1, 0.15) is 16.4 Å². The molecule has 0 bridgehead atoms. The van der Waals surface area contributed by atoms with Crippen LogP contribution in [0.2, 0.25) is 10.2 Å². The maximum Gasteiger partial charge on any atom is 0.272 e. The number of halogens is 2. The summed E-state index contributed by atoms with van der Waals surface area (Å²) in [5.41, 5.74) is -0.0496. The van der Waals surface area contributed by atoms with Crippen molar-refractivity contribution in [1.82, 2.24) is 9.88 Å². The Morgan fingerprint density at radius 2 is 1.88 bits per heavy atom. The van der Waals surface area contributed by atoms with Gasteiger partial charge in [-0.15, -0.1) is 0 Å². The number of piperidine rings is 1. The maximum atomic E-state index is 12.5. The van der Waals surface area contributed by atoms with Gasteiger partial charge in [-0.1, -0.05) is 47.2 Å². The Bertz CT molecular complexity index is 850. The summed E-state index contributed by atoms with van der Waals surface area (Å²) >= 11 is 11.8. The summed E-state index contributed by atoms with van der Waals surface area (Å²) in [5.74, 6) is 5.70. The van der Waals surface area contributed by atoms with E-state index < -0.39 is 5.60 Å². The van der Waals surface area contributed by atoms with Crippen LogP contribution < -0.4 is 0 Å². The summed E-state index contributed by atoms with van der Waals surface area (Å²) in [6.07, 6.45) is 0.764. The molecular weight excluding hydrogens is 359 g/mol. The maximum absolute atomic E-state index is 12.5. The van der Waals surface area contributed by atoms with Gasteiger partial charge in [-0.25, -0.2) is 4.98 Å².